The van der Waals surface area contributed by atoms with Crippen LogP contribution in [-0.2, 0) is 9.47 Å². The summed E-state index contributed by atoms with van der Waals surface area (Å²) in [6.45, 7) is 0.113. The van der Waals surface area contributed by atoms with Crippen LogP contribution >= 0.6 is 0 Å². The molecule has 1 rings (SSSR count). The highest BCUT2D eigenvalue weighted by molar-refractivity contribution is 5.64. The number of halogens is 1. The van der Waals surface area contributed by atoms with Gasteiger partial charge in [-0.15, -0.1) is 0 Å². The normalized spacial score (nSPS) is 12.1. The molecule has 1 unspecified atom stereocenters. The van der Waals surface area contributed by atoms with E-state index in [9.17, 15) is 9.18 Å². The number of pyridine rings is 1. The second-order valence-electron chi connectivity index (χ2n) is 2.78. The third-order valence-corrected chi connectivity index (χ3v) is 1.66. The Hall–Kier alpha value is -1.69. The lowest BCUT2D eigenvalue weighted by Gasteiger charge is -2.14. The number of hydrogen-bond donors (Lipinski definition) is 1. The zero-order chi connectivity index (χ0) is 11.3. The predicted octanol–water partition coefficient (Wildman–Crippen LogP) is 1.00. The van der Waals surface area contributed by atoms with Crippen molar-refractivity contribution in [2.45, 2.75) is 6.10 Å². The van der Waals surface area contributed by atoms with E-state index in [1.165, 1.54) is 19.2 Å². The van der Waals surface area contributed by atoms with E-state index in [1.54, 1.807) is 0 Å². The van der Waals surface area contributed by atoms with E-state index in [2.05, 4.69) is 4.98 Å². The molecule has 0 aliphatic carbocycles. The average Bonchev–Trinajstić information content (AvgIpc) is 2.17. The first-order valence-electron chi connectivity index (χ1n) is 4.20. The molecule has 1 atom stereocenters. The lowest BCUT2D eigenvalue weighted by molar-refractivity contribution is 0.0409. The fraction of sp³-hybridized carbons (Fsp3) is 0.333. The number of carbonyl (C=O) groups is 1. The number of rotatable bonds is 4. The van der Waals surface area contributed by atoms with E-state index in [0.717, 1.165) is 6.20 Å². The summed E-state index contributed by atoms with van der Waals surface area (Å²) < 4.78 is 22.1. The molecule has 0 aliphatic heterocycles. The van der Waals surface area contributed by atoms with Crippen molar-refractivity contribution in [3.8, 4) is 0 Å². The van der Waals surface area contributed by atoms with Crippen molar-refractivity contribution in [3.05, 3.63) is 29.8 Å². The van der Waals surface area contributed by atoms with Crippen molar-refractivity contribution in [2.24, 2.45) is 5.73 Å². The molecule has 82 valence electrons. The summed E-state index contributed by atoms with van der Waals surface area (Å²) in [5.74, 6) is -0.464. The molecular weight excluding hydrogens is 203 g/mol. The van der Waals surface area contributed by atoms with E-state index in [1.807, 2.05) is 0 Å². The quantitative estimate of drug-likeness (QED) is 0.811. The monoisotopic (exact) mass is 214 g/mol. The van der Waals surface area contributed by atoms with Crippen LogP contribution in [0.4, 0.5) is 9.18 Å². The summed E-state index contributed by atoms with van der Waals surface area (Å²) in [7, 11) is 1.45. The average molecular weight is 214 g/mol. The van der Waals surface area contributed by atoms with Gasteiger partial charge in [-0.3, -0.25) is 4.98 Å². The van der Waals surface area contributed by atoms with Gasteiger partial charge in [-0.05, 0) is 12.1 Å². The molecule has 6 heteroatoms. The minimum absolute atomic E-state index is 0.113. The first-order valence-corrected chi connectivity index (χ1v) is 4.20. The van der Waals surface area contributed by atoms with Gasteiger partial charge in [0.1, 0.15) is 5.82 Å². The van der Waals surface area contributed by atoms with E-state index < -0.39 is 18.0 Å². The predicted molar refractivity (Wildman–Crippen MR) is 49.5 cm³/mol. The number of primary amides is 1. The number of carbonyl (C=O) groups excluding carboxylic acids is 1. The van der Waals surface area contributed by atoms with E-state index in [-0.39, 0.29) is 6.61 Å². The molecule has 0 saturated carbocycles. The largest absolute Gasteiger partial charge is 0.437 e. The van der Waals surface area contributed by atoms with E-state index in [4.69, 9.17) is 15.2 Å². The van der Waals surface area contributed by atoms with Gasteiger partial charge in [-0.1, -0.05) is 0 Å². The van der Waals surface area contributed by atoms with Crippen LogP contribution in [0.5, 0.6) is 0 Å². The fourth-order valence-electron chi connectivity index (χ4n) is 1.05. The zero-order valence-corrected chi connectivity index (χ0v) is 8.14. The molecule has 0 saturated heterocycles. The van der Waals surface area contributed by atoms with Crippen molar-refractivity contribution in [3.63, 3.8) is 0 Å². The molecule has 1 heterocycles. The Bertz CT molecular complexity index is 329. The van der Waals surface area contributed by atoms with Crippen LogP contribution in [0.25, 0.3) is 0 Å². The van der Waals surface area contributed by atoms with Gasteiger partial charge < -0.3 is 15.2 Å². The van der Waals surface area contributed by atoms with Gasteiger partial charge in [-0.25, -0.2) is 9.18 Å². The summed E-state index contributed by atoms with van der Waals surface area (Å²) in [6, 6.07) is 2.62. The highest BCUT2D eigenvalue weighted by Crippen LogP contribution is 2.15. The molecule has 15 heavy (non-hydrogen) atoms. The van der Waals surface area contributed by atoms with Crippen LogP contribution < -0.4 is 5.73 Å². The number of amides is 1. The summed E-state index contributed by atoms with van der Waals surface area (Å²) in [5.41, 5.74) is 5.26. The SMILES string of the molecule is COCC(OC(N)=O)c1ccc(F)cn1. The maximum absolute atomic E-state index is 12.6. The number of nitrogens with two attached hydrogens (primary N) is 1. The molecule has 0 aliphatic rings. The third kappa shape index (κ3) is 3.51. The third-order valence-electron chi connectivity index (χ3n) is 1.66. The summed E-state index contributed by atoms with van der Waals surface area (Å²) >= 11 is 0. The van der Waals surface area contributed by atoms with E-state index in [0.29, 0.717) is 5.69 Å². The van der Waals surface area contributed by atoms with Crippen LogP contribution in [0, 0.1) is 5.82 Å². The minimum Gasteiger partial charge on any atom is -0.437 e. The highest BCUT2D eigenvalue weighted by atomic mass is 19.1. The fourth-order valence-corrected chi connectivity index (χ4v) is 1.05. The summed E-state index contributed by atoms with van der Waals surface area (Å²) in [4.78, 5) is 14.3. The van der Waals surface area contributed by atoms with Crippen molar-refractivity contribution in [2.75, 3.05) is 13.7 Å². The molecular formula is C9H11FN2O3. The topological polar surface area (TPSA) is 74.4 Å². The first kappa shape index (κ1) is 11.4. The maximum atomic E-state index is 12.6. The van der Waals surface area contributed by atoms with Gasteiger partial charge in [0, 0.05) is 7.11 Å². The standard InChI is InChI=1S/C9H11FN2O3/c1-14-5-8(15-9(11)13)7-3-2-6(10)4-12-7/h2-4,8H,5H2,1H3,(H2,11,13). The summed E-state index contributed by atoms with van der Waals surface area (Å²) in [6.07, 6.45) is -0.612. The maximum Gasteiger partial charge on any atom is 0.405 e. The molecule has 0 bridgehead atoms. The highest BCUT2D eigenvalue weighted by Gasteiger charge is 2.16. The lowest BCUT2D eigenvalue weighted by atomic mass is 10.2. The van der Waals surface area contributed by atoms with Crippen molar-refractivity contribution >= 4 is 6.09 Å². The number of hydrogen-bond acceptors (Lipinski definition) is 4. The van der Waals surface area contributed by atoms with Gasteiger partial charge in [0.25, 0.3) is 0 Å². The van der Waals surface area contributed by atoms with E-state index >= 15 is 0 Å². The number of methoxy groups -OCH3 is 1. The Morgan fingerprint density at radius 3 is 2.87 bits per heavy atom. The van der Waals surface area contributed by atoms with Gasteiger partial charge in [0.15, 0.2) is 6.10 Å². The minimum atomic E-state index is -0.928. The van der Waals surface area contributed by atoms with Crippen LogP contribution in [0.3, 0.4) is 0 Å². The zero-order valence-electron chi connectivity index (χ0n) is 8.14. The Kier molecular flexibility index (Phi) is 3.99. The molecule has 1 amide bonds. The Morgan fingerprint density at radius 1 is 1.67 bits per heavy atom. The van der Waals surface area contributed by atoms with Crippen LogP contribution in [-0.4, -0.2) is 24.8 Å². The number of ether oxygens (including phenoxy) is 2. The molecule has 2 N–H and O–H groups in total. The molecule has 1 aromatic rings. The molecule has 0 aromatic carbocycles. The van der Waals surface area contributed by atoms with Gasteiger partial charge in [-0.2, -0.15) is 0 Å². The molecule has 0 radical (unpaired) electrons. The second kappa shape index (κ2) is 5.26. The lowest BCUT2D eigenvalue weighted by Crippen LogP contribution is -2.21. The Labute approximate surface area is 86.0 Å². The molecule has 5 nitrogen and oxygen atoms in total. The van der Waals surface area contributed by atoms with Gasteiger partial charge >= 0.3 is 6.09 Å². The first-order chi connectivity index (χ1) is 7.13. The second-order valence-corrected chi connectivity index (χ2v) is 2.78. The Balaban J connectivity index is 2.78. The summed E-state index contributed by atoms with van der Waals surface area (Å²) in [5, 5.41) is 0. The molecule has 0 fully saturated rings. The smallest absolute Gasteiger partial charge is 0.405 e. The van der Waals surface area contributed by atoms with Crippen molar-refractivity contribution in [1.29, 1.82) is 0 Å². The molecule has 0 spiro atoms. The molecule has 1 aromatic heterocycles. The number of aromatic nitrogens is 1. The number of nitrogens with zero attached hydrogens (tertiary/aromatic N) is 1. The van der Waals surface area contributed by atoms with Gasteiger partial charge in [0.2, 0.25) is 0 Å². The van der Waals surface area contributed by atoms with Crippen molar-refractivity contribution < 1.29 is 18.7 Å². The van der Waals surface area contributed by atoms with Gasteiger partial charge in [0.05, 0.1) is 18.5 Å². The van der Waals surface area contributed by atoms with Crippen LogP contribution in [0.2, 0.25) is 0 Å². The Morgan fingerprint density at radius 2 is 2.40 bits per heavy atom. The van der Waals surface area contributed by atoms with Crippen LogP contribution in [0.15, 0.2) is 18.3 Å². The van der Waals surface area contributed by atoms with Crippen molar-refractivity contribution in [1.82, 2.24) is 4.98 Å². The van der Waals surface area contributed by atoms with Crippen LogP contribution in [0.1, 0.15) is 11.8 Å².